The van der Waals surface area contributed by atoms with Gasteiger partial charge < -0.3 is 33.5 Å². The monoisotopic (exact) mass is 654 g/mol. The standard InChI is InChI=1S/C37H46N6O5/c1-25(2)30-32(42(36(45)34(30)44)17-8-15-40-19-13-38-23-40)27-10-7-11-28(22-27)48-35-31(26(3)4)33(29-12-5-6-21-47-29)43(37(35)46)18-9-16-41-20-14-39-24-41/h6-7,10-11,13-14,19-26,29,32-33,44H,5,8-9,12,15-18H2,1-4H3. The first kappa shape index (κ1) is 33.1. The number of aliphatic hydroxyl groups excluding tert-OH is 1. The fourth-order valence-electron chi connectivity index (χ4n) is 7.22. The van der Waals surface area contributed by atoms with Crippen LogP contribution in [0, 0.1) is 11.8 Å². The average Bonchev–Trinajstić information content (AvgIpc) is 3.88. The lowest BCUT2D eigenvalue weighted by atomic mass is 9.90. The maximum atomic E-state index is 14.3. The number of aryl methyl sites for hydroxylation is 2. The highest BCUT2D eigenvalue weighted by Gasteiger charge is 2.47. The molecule has 6 rings (SSSR count). The first-order valence-corrected chi connectivity index (χ1v) is 17.0. The van der Waals surface area contributed by atoms with Crippen molar-refractivity contribution >= 4 is 11.8 Å². The number of allylic oxidation sites excluding steroid dienone is 1. The lowest BCUT2D eigenvalue weighted by molar-refractivity contribution is -0.131. The van der Waals surface area contributed by atoms with Gasteiger partial charge in [0.1, 0.15) is 11.9 Å². The number of hydrogen-bond acceptors (Lipinski definition) is 7. The molecule has 0 bridgehead atoms. The molecule has 0 saturated carbocycles. The Morgan fingerprint density at radius 1 is 0.896 bits per heavy atom. The number of hydrogen-bond donors (Lipinski definition) is 1. The van der Waals surface area contributed by atoms with E-state index in [4.69, 9.17) is 9.47 Å². The summed E-state index contributed by atoms with van der Waals surface area (Å²) in [5, 5.41) is 11.0. The largest absolute Gasteiger partial charge is 0.503 e. The van der Waals surface area contributed by atoms with E-state index in [-0.39, 0.29) is 41.6 Å². The smallest absolute Gasteiger partial charge is 0.290 e. The normalized spacial score (nSPS) is 21.4. The van der Waals surface area contributed by atoms with E-state index in [2.05, 4.69) is 23.8 Å². The van der Waals surface area contributed by atoms with Gasteiger partial charge in [-0.05, 0) is 61.3 Å². The van der Waals surface area contributed by atoms with Gasteiger partial charge in [0.2, 0.25) is 0 Å². The number of imidazole rings is 2. The number of aromatic nitrogens is 4. The molecule has 0 spiro atoms. The van der Waals surface area contributed by atoms with Crippen LogP contribution in [0.25, 0.3) is 0 Å². The van der Waals surface area contributed by atoms with Gasteiger partial charge in [0.15, 0.2) is 11.5 Å². The van der Waals surface area contributed by atoms with Crippen LogP contribution in [0.5, 0.6) is 5.75 Å². The molecule has 0 fully saturated rings. The zero-order valence-electron chi connectivity index (χ0n) is 28.2. The lowest BCUT2D eigenvalue weighted by Gasteiger charge is -2.35. The molecule has 3 aliphatic rings. The molecular weight excluding hydrogens is 608 g/mol. The van der Waals surface area contributed by atoms with Crippen molar-refractivity contribution in [2.75, 3.05) is 13.1 Å². The van der Waals surface area contributed by atoms with Crippen LogP contribution in [0.15, 0.2) is 96.7 Å². The molecule has 11 heteroatoms. The third-order valence-electron chi connectivity index (χ3n) is 9.42. The molecule has 2 aromatic heterocycles. The minimum Gasteiger partial charge on any atom is -0.503 e. The zero-order valence-corrected chi connectivity index (χ0v) is 28.2. The zero-order chi connectivity index (χ0) is 33.8. The summed E-state index contributed by atoms with van der Waals surface area (Å²) in [7, 11) is 0. The van der Waals surface area contributed by atoms with E-state index in [1.807, 2.05) is 70.6 Å². The Morgan fingerprint density at radius 3 is 2.15 bits per heavy atom. The minimum absolute atomic E-state index is 0.0381. The van der Waals surface area contributed by atoms with Crippen molar-refractivity contribution in [3.8, 4) is 5.75 Å². The second-order valence-electron chi connectivity index (χ2n) is 13.3. The van der Waals surface area contributed by atoms with Crippen LogP contribution in [0.2, 0.25) is 0 Å². The minimum atomic E-state index is -0.448. The van der Waals surface area contributed by atoms with Gasteiger partial charge in [-0.1, -0.05) is 39.8 Å². The molecule has 3 atom stereocenters. The van der Waals surface area contributed by atoms with E-state index in [1.165, 1.54) is 0 Å². The van der Waals surface area contributed by atoms with Gasteiger partial charge in [-0.3, -0.25) is 9.59 Å². The molecule has 3 unspecified atom stereocenters. The summed E-state index contributed by atoms with van der Waals surface area (Å²) in [5.41, 5.74) is 2.44. The number of carbonyl (C=O) groups is 2. The van der Waals surface area contributed by atoms with E-state index in [0.29, 0.717) is 43.1 Å². The van der Waals surface area contributed by atoms with Crippen molar-refractivity contribution in [1.29, 1.82) is 0 Å². The Labute approximate surface area is 282 Å². The Morgan fingerprint density at radius 2 is 1.56 bits per heavy atom. The molecule has 1 aromatic carbocycles. The third kappa shape index (κ3) is 6.77. The van der Waals surface area contributed by atoms with Crippen molar-refractivity contribution in [2.45, 2.75) is 84.7 Å². The van der Waals surface area contributed by atoms with Crippen LogP contribution in [0.3, 0.4) is 0 Å². The van der Waals surface area contributed by atoms with Gasteiger partial charge in [0.25, 0.3) is 11.8 Å². The first-order valence-electron chi connectivity index (χ1n) is 17.0. The summed E-state index contributed by atoms with van der Waals surface area (Å²) >= 11 is 0. The number of aliphatic hydroxyl groups is 1. The molecule has 5 heterocycles. The molecule has 2 amide bonds. The number of amides is 2. The summed E-state index contributed by atoms with van der Waals surface area (Å²) in [6.07, 6.45) is 17.6. The molecule has 0 radical (unpaired) electrons. The molecule has 3 aromatic rings. The number of rotatable bonds is 14. The van der Waals surface area contributed by atoms with E-state index in [9.17, 15) is 14.7 Å². The summed E-state index contributed by atoms with van der Waals surface area (Å²) in [4.78, 5) is 39.6. The predicted octanol–water partition coefficient (Wildman–Crippen LogP) is 5.80. The second kappa shape index (κ2) is 14.5. The SMILES string of the molecule is CC(C)C1=C(O)C(=O)N(CCCn2ccnc2)C1c1cccc(OC2=C(C(C)C)C(C3CCC=CO3)N(CCCn3ccnc3)C2=O)c1. The Kier molecular flexibility index (Phi) is 10.0. The number of nitrogens with zero attached hydrogens (tertiary/aromatic N) is 6. The number of ether oxygens (including phenoxy) is 2. The maximum absolute atomic E-state index is 14.3. The number of carbonyl (C=O) groups excluding carboxylic acids is 2. The average molecular weight is 655 g/mol. The van der Waals surface area contributed by atoms with Gasteiger partial charge in [-0.2, -0.15) is 0 Å². The molecule has 1 N–H and O–H groups in total. The van der Waals surface area contributed by atoms with Crippen LogP contribution in [-0.2, 0) is 27.4 Å². The fourth-order valence-corrected chi connectivity index (χ4v) is 7.22. The van der Waals surface area contributed by atoms with Gasteiger partial charge in [-0.25, -0.2) is 9.97 Å². The lowest BCUT2D eigenvalue weighted by Crippen LogP contribution is -2.46. The van der Waals surface area contributed by atoms with Gasteiger partial charge in [-0.15, -0.1) is 0 Å². The predicted molar refractivity (Wildman–Crippen MR) is 180 cm³/mol. The maximum Gasteiger partial charge on any atom is 0.290 e. The van der Waals surface area contributed by atoms with Crippen molar-refractivity contribution < 1.29 is 24.2 Å². The molecular formula is C37H46N6O5. The number of benzene rings is 1. The molecule has 0 aliphatic carbocycles. The summed E-state index contributed by atoms with van der Waals surface area (Å²) in [5.74, 6) is 0.136. The van der Waals surface area contributed by atoms with Crippen LogP contribution >= 0.6 is 0 Å². The Hall–Kier alpha value is -4.80. The fraction of sp³-hybridized carbons (Fsp3) is 0.459. The van der Waals surface area contributed by atoms with E-state index < -0.39 is 6.04 Å². The molecule has 0 saturated heterocycles. The van der Waals surface area contributed by atoms with Crippen LogP contribution in [0.1, 0.15) is 65.0 Å². The summed E-state index contributed by atoms with van der Waals surface area (Å²) in [6, 6.07) is 6.89. The summed E-state index contributed by atoms with van der Waals surface area (Å²) in [6.45, 7) is 10.6. The van der Waals surface area contributed by atoms with Crippen molar-refractivity contribution in [3.05, 3.63) is 102 Å². The highest BCUT2D eigenvalue weighted by atomic mass is 16.5. The van der Waals surface area contributed by atoms with Crippen LogP contribution in [0.4, 0.5) is 0 Å². The molecule has 254 valence electrons. The first-order chi connectivity index (χ1) is 23.2. The van der Waals surface area contributed by atoms with E-state index >= 15 is 0 Å². The highest BCUT2D eigenvalue weighted by Crippen LogP contribution is 2.43. The van der Waals surface area contributed by atoms with Crippen LogP contribution < -0.4 is 4.74 Å². The second-order valence-corrected chi connectivity index (χ2v) is 13.3. The van der Waals surface area contributed by atoms with Gasteiger partial charge >= 0.3 is 0 Å². The van der Waals surface area contributed by atoms with Gasteiger partial charge in [0, 0.05) is 62.1 Å². The third-order valence-corrected chi connectivity index (χ3v) is 9.42. The Bertz CT molecular complexity index is 1670. The highest BCUT2D eigenvalue weighted by molar-refractivity contribution is 5.97. The summed E-state index contributed by atoms with van der Waals surface area (Å²) < 4.78 is 16.7. The van der Waals surface area contributed by atoms with Crippen molar-refractivity contribution in [3.63, 3.8) is 0 Å². The van der Waals surface area contributed by atoms with Crippen molar-refractivity contribution in [2.24, 2.45) is 11.8 Å². The molecule has 11 nitrogen and oxygen atoms in total. The molecule has 48 heavy (non-hydrogen) atoms. The van der Waals surface area contributed by atoms with Gasteiger partial charge in [0.05, 0.1) is 31.0 Å². The topological polar surface area (TPSA) is 115 Å². The quantitative estimate of drug-likeness (QED) is 0.234. The van der Waals surface area contributed by atoms with Crippen molar-refractivity contribution in [1.82, 2.24) is 28.9 Å². The molecule has 3 aliphatic heterocycles. The Balaban J connectivity index is 1.28. The van der Waals surface area contributed by atoms with E-state index in [1.54, 1.807) is 36.2 Å². The van der Waals surface area contributed by atoms with E-state index in [0.717, 1.165) is 36.9 Å². The van der Waals surface area contributed by atoms with Crippen LogP contribution in [-0.4, -0.2) is 71.1 Å².